The Morgan fingerprint density at radius 2 is 1.41 bits per heavy atom. The van der Waals surface area contributed by atoms with E-state index in [1.54, 1.807) is 7.11 Å². The topological polar surface area (TPSA) is 21.7 Å². The van der Waals surface area contributed by atoms with Crippen molar-refractivity contribution in [1.29, 1.82) is 0 Å². The quantitative estimate of drug-likeness (QED) is 0.412. The van der Waals surface area contributed by atoms with Crippen molar-refractivity contribution in [2.45, 2.75) is 6.42 Å². The normalized spacial score (nSPS) is 14.9. The lowest BCUT2D eigenvalue weighted by Crippen LogP contribution is -2.26. The summed E-state index contributed by atoms with van der Waals surface area (Å²) in [4.78, 5) is 5.92. The van der Waals surface area contributed by atoms with Gasteiger partial charge in [0.25, 0.3) is 0 Å². The van der Waals surface area contributed by atoms with Gasteiger partial charge in [0.2, 0.25) is 0 Å². The molecule has 0 unspecified atom stereocenters. The van der Waals surface area contributed by atoms with Gasteiger partial charge in [0, 0.05) is 22.8 Å². The Morgan fingerprint density at radius 3 is 2.19 bits per heavy atom. The summed E-state index contributed by atoms with van der Waals surface area (Å²) in [5.74, 6) is 1.77. The Hall–Kier alpha value is -3.30. The Balaban J connectivity index is 1.73. The van der Waals surface area contributed by atoms with Crippen LogP contribution in [0.15, 0.2) is 78.5 Å². The minimum Gasteiger partial charge on any atom is -0.452 e. The third-order valence-corrected chi connectivity index (χ3v) is 5.58. The fourth-order valence-corrected chi connectivity index (χ4v) is 4.42. The predicted octanol–water partition coefficient (Wildman–Crippen LogP) is 5.68. The Kier molecular flexibility index (Phi) is 2.94. The molecule has 1 aliphatic heterocycles. The van der Waals surface area contributed by atoms with Crippen molar-refractivity contribution < 1.29 is 9.57 Å². The van der Waals surface area contributed by atoms with Crippen LogP contribution in [0.3, 0.4) is 0 Å². The summed E-state index contributed by atoms with van der Waals surface area (Å²) in [6, 6.07) is 25.3. The minimum atomic E-state index is 0.805. The molecule has 0 bridgehead atoms. The van der Waals surface area contributed by atoms with Gasteiger partial charge in [-0.15, -0.1) is 0 Å². The van der Waals surface area contributed by atoms with Gasteiger partial charge in [-0.25, -0.2) is 5.06 Å². The van der Waals surface area contributed by atoms with E-state index in [1.165, 1.54) is 16.3 Å². The fraction of sp³-hybridized carbons (Fsp3) is 0.0833. The van der Waals surface area contributed by atoms with Crippen molar-refractivity contribution in [1.82, 2.24) is 0 Å². The molecule has 0 fully saturated rings. The Bertz CT molecular complexity index is 1270. The number of hydrogen-bond donors (Lipinski definition) is 0. The van der Waals surface area contributed by atoms with Gasteiger partial charge in [-0.3, -0.25) is 4.84 Å². The summed E-state index contributed by atoms with van der Waals surface area (Å²) in [5, 5.41) is 6.60. The summed E-state index contributed by atoms with van der Waals surface area (Å²) in [6.45, 7) is 0. The molecule has 0 amide bonds. The van der Waals surface area contributed by atoms with Crippen LogP contribution in [0.1, 0.15) is 11.1 Å². The van der Waals surface area contributed by atoms with Crippen LogP contribution in [0, 0.1) is 0 Å². The van der Waals surface area contributed by atoms with E-state index in [2.05, 4.69) is 72.8 Å². The molecule has 1 aliphatic carbocycles. The van der Waals surface area contributed by atoms with E-state index in [1.807, 2.05) is 5.06 Å². The highest BCUT2D eigenvalue weighted by molar-refractivity contribution is 6.18. The number of ether oxygens (including phenoxy) is 1. The first kappa shape index (κ1) is 14.8. The summed E-state index contributed by atoms with van der Waals surface area (Å²) < 4.78 is 6.59. The molecule has 27 heavy (non-hydrogen) atoms. The molecule has 2 aliphatic rings. The number of nitrogens with zero attached hydrogens (tertiary/aromatic N) is 1. The lowest BCUT2D eigenvalue weighted by Gasteiger charge is -2.32. The van der Waals surface area contributed by atoms with Crippen molar-refractivity contribution >= 4 is 33.0 Å². The van der Waals surface area contributed by atoms with Crippen molar-refractivity contribution in [3.63, 3.8) is 0 Å². The smallest absolute Gasteiger partial charge is 0.162 e. The van der Waals surface area contributed by atoms with Crippen LogP contribution in [-0.2, 0) is 11.3 Å². The Morgan fingerprint density at radius 1 is 0.778 bits per heavy atom. The number of hydroxylamine groups is 1. The fourth-order valence-electron chi connectivity index (χ4n) is 4.42. The van der Waals surface area contributed by atoms with Gasteiger partial charge >= 0.3 is 0 Å². The largest absolute Gasteiger partial charge is 0.452 e. The third kappa shape index (κ3) is 1.89. The van der Waals surface area contributed by atoms with Crippen LogP contribution in [0.5, 0.6) is 5.75 Å². The number of rotatable bonds is 1. The molecule has 0 spiro atoms. The highest BCUT2D eigenvalue weighted by Crippen LogP contribution is 2.52. The molecule has 1 heterocycles. The number of benzene rings is 4. The van der Waals surface area contributed by atoms with E-state index in [-0.39, 0.29) is 0 Å². The van der Waals surface area contributed by atoms with Gasteiger partial charge in [-0.2, -0.15) is 0 Å². The Labute approximate surface area is 157 Å². The van der Waals surface area contributed by atoms with Gasteiger partial charge in [0.1, 0.15) is 5.69 Å². The molecule has 4 aromatic carbocycles. The van der Waals surface area contributed by atoms with Crippen LogP contribution in [0.2, 0.25) is 0 Å². The predicted molar refractivity (Wildman–Crippen MR) is 109 cm³/mol. The van der Waals surface area contributed by atoms with Gasteiger partial charge in [-0.05, 0) is 16.3 Å². The molecule has 130 valence electrons. The average Bonchev–Trinajstić information content (AvgIpc) is 3.11. The lowest BCUT2D eigenvalue weighted by atomic mass is 9.98. The van der Waals surface area contributed by atoms with Gasteiger partial charge in [0.15, 0.2) is 11.5 Å². The molecule has 3 nitrogen and oxygen atoms in total. The second kappa shape index (κ2) is 5.35. The second-order valence-electron chi connectivity index (χ2n) is 6.96. The summed E-state index contributed by atoms with van der Waals surface area (Å²) >= 11 is 0. The SMILES string of the molecule is CON1C2=C(Oc3c1c1ccccc1c1ccccc31)c1ccccc1C2. The minimum absolute atomic E-state index is 0.805. The first-order chi connectivity index (χ1) is 13.4. The molecule has 0 aromatic heterocycles. The molecule has 4 aromatic rings. The molecule has 0 atom stereocenters. The molecule has 0 N–H and O–H groups in total. The molecule has 0 radical (unpaired) electrons. The maximum absolute atomic E-state index is 6.59. The third-order valence-electron chi connectivity index (χ3n) is 5.58. The van der Waals surface area contributed by atoms with Crippen LogP contribution in [0.25, 0.3) is 27.3 Å². The van der Waals surface area contributed by atoms with Crippen LogP contribution in [0.4, 0.5) is 5.69 Å². The summed E-state index contributed by atoms with van der Waals surface area (Å²) in [6.07, 6.45) is 0.805. The van der Waals surface area contributed by atoms with Crippen molar-refractivity contribution in [2.75, 3.05) is 12.2 Å². The van der Waals surface area contributed by atoms with Crippen molar-refractivity contribution in [2.24, 2.45) is 0 Å². The van der Waals surface area contributed by atoms with Crippen LogP contribution >= 0.6 is 0 Å². The van der Waals surface area contributed by atoms with Gasteiger partial charge in [0.05, 0.1) is 12.8 Å². The molecule has 6 rings (SSSR count). The van der Waals surface area contributed by atoms with E-state index in [0.29, 0.717) is 0 Å². The maximum atomic E-state index is 6.59. The van der Waals surface area contributed by atoms with E-state index < -0.39 is 0 Å². The number of hydrogen-bond acceptors (Lipinski definition) is 3. The summed E-state index contributed by atoms with van der Waals surface area (Å²) in [7, 11) is 1.73. The molecule has 0 saturated carbocycles. The first-order valence-electron chi connectivity index (χ1n) is 9.14. The van der Waals surface area contributed by atoms with E-state index in [0.717, 1.165) is 45.6 Å². The van der Waals surface area contributed by atoms with Gasteiger partial charge in [-0.1, -0.05) is 72.8 Å². The van der Waals surface area contributed by atoms with Crippen molar-refractivity contribution in [3.05, 3.63) is 89.6 Å². The molecular formula is C24H17NO2. The van der Waals surface area contributed by atoms with E-state index in [4.69, 9.17) is 9.57 Å². The molecule has 3 heteroatoms. The highest BCUT2D eigenvalue weighted by Gasteiger charge is 2.36. The first-order valence-corrected chi connectivity index (χ1v) is 9.14. The van der Waals surface area contributed by atoms with Crippen molar-refractivity contribution in [3.8, 4) is 5.75 Å². The van der Waals surface area contributed by atoms with E-state index >= 15 is 0 Å². The zero-order chi connectivity index (χ0) is 18.0. The number of anilines is 1. The zero-order valence-electron chi connectivity index (χ0n) is 14.9. The lowest BCUT2D eigenvalue weighted by molar-refractivity contribution is 0.182. The summed E-state index contributed by atoms with van der Waals surface area (Å²) in [5.41, 5.74) is 4.47. The number of fused-ring (bicyclic) bond motifs is 8. The van der Waals surface area contributed by atoms with Crippen LogP contribution < -0.4 is 9.80 Å². The van der Waals surface area contributed by atoms with Crippen LogP contribution in [-0.4, -0.2) is 7.11 Å². The van der Waals surface area contributed by atoms with Gasteiger partial charge < -0.3 is 4.74 Å². The monoisotopic (exact) mass is 351 g/mol. The molecular weight excluding hydrogens is 334 g/mol. The second-order valence-corrected chi connectivity index (χ2v) is 6.96. The van der Waals surface area contributed by atoms with E-state index in [9.17, 15) is 0 Å². The maximum Gasteiger partial charge on any atom is 0.162 e. The zero-order valence-corrected chi connectivity index (χ0v) is 14.9. The highest BCUT2D eigenvalue weighted by atomic mass is 16.7. The molecule has 0 saturated heterocycles. The standard InChI is InChI=1S/C24H17NO2/c1-26-25-21-14-15-8-2-3-9-16(15)23(21)27-24-20-13-7-5-11-18(20)17-10-4-6-12-19(17)22(24)25/h2-13H,14H2,1H3. The average molecular weight is 351 g/mol. The number of allylic oxidation sites excluding steroid dienone is 1.